The lowest BCUT2D eigenvalue weighted by atomic mass is 10.3. The van der Waals surface area contributed by atoms with Crippen molar-refractivity contribution < 1.29 is 17.2 Å². The van der Waals surface area contributed by atoms with E-state index in [9.17, 15) is 17.2 Å². The molecule has 100 valence electrons. The van der Waals surface area contributed by atoms with Gasteiger partial charge in [-0.3, -0.25) is 4.72 Å². The molecular formula is C12H8ClF2NO2S. The third kappa shape index (κ3) is 3.21. The number of hydrogen-bond donors (Lipinski definition) is 1. The van der Waals surface area contributed by atoms with E-state index in [1.54, 1.807) is 0 Å². The van der Waals surface area contributed by atoms with Crippen molar-refractivity contribution >= 4 is 27.3 Å². The molecule has 0 bridgehead atoms. The first-order valence-corrected chi connectivity index (χ1v) is 6.98. The zero-order chi connectivity index (χ0) is 14.0. The maximum Gasteiger partial charge on any atom is 0.262 e. The van der Waals surface area contributed by atoms with Crippen molar-refractivity contribution in [1.82, 2.24) is 0 Å². The van der Waals surface area contributed by atoms with E-state index >= 15 is 0 Å². The molecule has 3 nitrogen and oxygen atoms in total. The fourth-order valence-corrected chi connectivity index (χ4v) is 2.77. The van der Waals surface area contributed by atoms with Gasteiger partial charge < -0.3 is 0 Å². The summed E-state index contributed by atoms with van der Waals surface area (Å²) in [4.78, 5) is -0.135. The molecule has 2 rings (SSSR count). The molecule has 0 saturated heterocycles. The third-order valence-electron chi connectivity index (χ3n) is 2.28. The van der Waals surface area contributed by atoms with Crippen LogP contribution in [-0.4, -0.2) is 8.42 Å². The van der Waals surface area contributed by atoms with E-state index < -0.39 is 27.3 Å². The summed E-state index contributed by atoms with van der Waals surface area (Å²) in [5, 5.41) is 0.225. The van der Waals surface area contributed by atoms with Gasteiger partial charge in [-0.2, -0.15) is 0 Å². The van der Waals surface area contributed by atoms with E-state index in [1.165, 1.54) is 24.3 Å². The summed E-state index contributed by atoms with van der Waals surface area (Å²) in [6.45, 7) is 0. The molecule has 0 fully saturated rings. The molecule has 0 aliphatic rings. The van der Waals surface area contributed by atoms with E-state index in [-0.39, 0.29) is 9.92 Å². The van der Waals surface area contributed by atoms with Crippen molar-refractivity contribution in [2.75, 3.05) is 4.72 Å². The Hall–Kier alpha value is -1.66. The van der Waals surface area contributed by atoms with Crippen LogP contribution in [0.5, 0.6) is 0 Å². The van der Waals surface area contributed by atoms with Crippen LogP contribution in [0.25, 0.3) is 0 Å². The molecular weight excluding hydrogens is 296 g/mol. The van der Waals surface area contributed by atoms with Gasteiger partial charge in [0.15, 0.2) is 0 Å². The SMILES string of the molecule is O=S(=O)(Nc1cc(F)ccc1F)c1cccc(Cl)c1. The molecule has 0 saturated carbocycles. The first kappa shape index (κ1) is 13.8. The van der Waals surface area contributed by atoms with Crippen molar-refractivity contribution in [2.24, 2.45) is 0 Å². The Balaban J connectivity index is 2.39. The summed E-state index contributed by atoms with van der Waals surface area (Å²) in [5.41, 5.74) is -0.458. The van der Waals surface area contributed by atoms with Gasteiger partial charge in [0, 0.05) is 11.1 Å². The molecule has 0 aliphatic heterocycles. The fraction of sp³-hybridized carbons (Fsp3) is 0. The second-order valence-electron chi connectivity index (χ2n) is 3.69. The molecule has 2 aromatic carbocycles. The summed E-state index contributed by atoms with van der Waals surface area (Å²) >= 11 is 5.68. The van der Waals surface area contributed by atoms with Gasteiger partial charge in [-0.15, -0.1) is 0 Å². The largest absolute Gasteiger partial charge is 0.277 e. The molecule has 0 atom stereocenters. The molecule has 0 radical (unpaired) electrons. The average molecular weight is 304 g/mol. The summed E-state index contributed by atoms with van der Waals surface area (Å²) in [6.07, 6.45) is 0. The van der Waals surface area contributed by atoms with Gasteiger partial charge >= 0.3 is 0 Å². The second-order valence-corrected chi connectivity index (χ2v) is 5.81. The molecule has 0 aliphatic carbocycles. The number of sulfonamides is 1. The van der Waals surface area contributed by atoms with Crippen LogP contribution in [0, 0.1) is 11.6 Å². The van der Waals surface area contributed by atoms with E-state index in [1.807, 2.05) is 4.72 Å². The highest BCUT2D eigenvalue weighted by atomic mass is 35.5. The highest BCUT2D eigenvalue weighted by Crippen LogP contribution is 2.21. The second kappa shape index (κ2) is 5.14. The molecule has 0 unspecified atom stereocenters. The molecule has 0 amide bonds. The summed E-state index contributed by atoms with van der Waals surface area (Å²) < 4.78 is 52.2. The van der Waals surface area contributed by atoms with Crippen molar-refractivity contribution in [3.8, 4) is 0 Å². The molecule has 1 N–H and O–H groups in total. The van der Waals surface area contributed by atoms with E-state index in [2.05, 4.69) is 0 Å². The van der Waals surface area contributed by atoms with Crippen molar-refractivity contribution in [1.29, 1.82) is 0 Å². The maximum atomic E-state index is 13.4. The Morgan fingerprint density at radius 2 is 1.79 bits per heavy atom. The first-order valence-electron chi connectivity index (χ1n) is 5.12. The first-order chi connectivity index (χ1) is 8.88. The third-order valence-corrected chi connectivity index (χ3v) is 3.88. The van der Waals surface area contributed by atoms with Gasteiger partial charge in [-0.25, -0.2) is 17.2 Å². The minimum absolute atomic E-state index is 0.135. The Labute approximate surface area is 113 Å². The maximum absolute atomic E-state index is 13.4. The summed E-state index contributed by atoms with van der Waals surface area (Å²) in [5.74, 6) is -1.61. The minimum Gasteiger partial charge on any atom is -0.277 e. The van der Waals surface area contributed by atoms with Gasteiger partial charge in [0.05, 0.1) is 10.6 Å². The van der Waals surface area contributed by atoms with E-state index in [0.29, 0.717) is 0 Å². The van der Waals surface area contributed by atoms with Gasteiger partial charge in [0.1, 0.15) is 11.6 Å². The predicted octanol–water partition coefficient (Wildman–Crippen LogP) is 3.42. The van der Waals surface area contributed by atoms with Crippen LogP contribution >= 0.6 is 11.6 Å². The zero-order valence-electron chi connectivity index (χ0n) is 9.40. The van der Waals surface area contributed by atoms with Gasteiger partial charge in [-0.05, 0) is 30.3 Å². The smallest absolute Gasteiger partial charge is 0.262 e. The molecule has 0 aromatic heterocycles. The Bertz CT molecular complexity index is 719. The standard InChI is InChI=1S/C12H8ClF2NO2S/c13-8-2-1-3-10(6-8)19(17,18)16-12-7-9(14)4-5-11(12)15/h1-7,16H. The predicted molar refractivity (Wildman–Crippen MR) is 68.6 cm³/mol. The van der Waals surface area contributed by atoms with E-state index in [0.717, 1.165) is 18.2 Å². The van der Waals surface area contributed by atoms with Gasteiger partial charge in [0.2, 0.25) is 0 Å². The van der Waals surface area contributed by atoms with Crippen molar-refractivity contribution in [2.45, 2.75) is 4.90 Å². The van der Waals surface area contributed by atoms with Gasteiger partial charge in [-0.1, -0.05) is 17.7 Å². The highest BCUT2D eigenvalue weighted by Gasteiger charge is 2.17. The Morgan fingerprint density at radius 1 is 1.05 bits per heavy atom. The normalized spacial score (nSPS) is 11.3. The van der Waals surface area contributed by atoms with Gasteiger partial charge in [0.25, 0.3) is 10.0 Å². The minimum atomic E-state index is -4.02. The molecule has 0 spiro atoms. The van der Waals surface area contributed by atoms with Crippen LogP contribution in [-0.2, 0) is 10.0 Å². The lowest BCUT2D eigenvalue weighted by Crippen LogP contribution is -2.14. The Kier molecular flexibility index (Phi) is 3.73. The molecule has 19 heavy (non-hydrogen) atoms. The fourth-order valence-electron chi connectivity index (χ4n) is 1.41. The van der Waals surface area contributed by atoms with Crippen LogP contribution < -0.4 is 4.72 Å². The summed E-state index contributed by atoms with van der Waals surface area (Å²) in [7, 11) is -4.02. The monoisotopic (exact) mass is 303 g/mol. The molecule has 2 aromatic rings. The van der Waals surface area contributed by atoms with Crippen LogP contribution in [0.15, 0.2) is 47.4 Å². The number of anilines is 1. The molecule has 7 heteroatoms. The number of hydrogen-bond acceptors (Lipinski definition) is 2. The molecule has 0 heterocycles. The average Bonchev–Trinajstić information content (AvgIpc) is 2.33. The number of nitrogens with one attached hydrogen (secondary N) is 1. The highest BCUT2D eigenvalue weighted by molar-refractivity contribution is 7.92. The van der Waals surface area contributed by atoms with Crippen LogP contribution in [0.1, 0.15) is 0 Å². The summed E-state index contributed by atoms with van der Waals surface area (Å²) in [6, 6.07) is 7.95. The van der Waals surface area contributed by atoms with E-state index in [4.69, 9.17) is 11.6 Å². The number of halogens is 3. The van der Waals surface area contributed by atoms with Crippen molar-refractivity contribution in [3.63, 3.8) is 0 Å². The van der Waals surface area contributed by atoms with Crippen LogP contribution in [0.2, 0.25) is 5.02 Å². The van der Waals surface area contributed by atoms with Crippen LogP contribution in [0.4, 0.5) is 14.5 Å². The van der Waals surface area contributed by atoms with Crippen molar-refractivity contribution in [3.05, 3.63) is 59.1 Å². The number of benzene rings is 2. The lowest BCUT2D eigenvalue weighted by Gasteiger charge is -2.09. The quantitative estimate of drug-likeness (QED) is 0.944. The Morgan fingerprint density at radius 3 is 2.47 bits per heavy atom. The topological polar surface area (TPSA) is 46.2 Å². The lowest BCUT2D eigenvalue weighted by molar-refractivity contribution is 0.594. The number of rotatable bonds is 3. The zero-order valence-corrected chi connectivity index (χ0v) is 11.0. The van der Waals surface area contributed by atoms with Crippen LogP contribution in [0.3, 0.4) is 0 Å².